The number of fused-ring (bicyclic) bond motifs is 2. The van der Waals surface area contributed by atoms with E-state index in [0.717, 1.165) is 22.0 Å². The smallest absolute Gasteiger partial charge is 0.279 e. The zero-order valence-electron chi connectivity index (χ0n) is 20.0. The van der Waals surface area contributed by atoms with Gasteiger partial charge in [0.1, 0.15) is 0 Å². The van der Waals surface area contributed by atoms with Crippen LogP contribution >= 0.6 is 0 Å². The van der Waals surface area contributed by atoms with E-state index in [-0.39, 0.29) is 24.1 Å². The summed E-state index contributed by atoms with van der Waals surface area (Å²) in [5, 5.41) is 22.2. The summed E-state index contributed by atoms with van der Waals surface area (Å²) in [5.41, 5.74) is 2.74. The first-order chi connectivity index (χ1) is 16.4. The highest BCUT2D eigenvalue weighted by Gasteiger charge is 2.37. The van der Waals surface area contributed by atoms with Gasteiger partial charge in [-0.1, -0.05) is 62.4 Å². The highest BCUT2D eigenvalue weighted by atomic mass is 16.3. The quantitative estimate of drug-likeness (QED) is 0.497. The van der Waals surface area contributed by atoms with Gasteiger partial charge in [0.25, 0.3) is 5.91 Å². The highest BCUT2D eigenvalue weighted by Crippen LogP contribution is 2.30. The normalized spacial score (nSPS) is 16.2. The lowest BCUT2D eigenvalue weighted by molar-refractivity contribution is 0.0114. The van der Waals surface area contributed by atoms with Crippen molar-refractivity contribution in [1.82, 2.24) is 14.9 Å². The van der Waals surface area contributed by atoms with Gasteiger partial charge in [-0.2, -0.15) is 0 Å². The van der Waals surface area contributed by atoms with E-state index in [2.05, 4.69) is 38.1 Å². The van der Waals surface area contributed by atoms with E-state index >= 15 is 0 Å². The van der Waals surface area contributed by atoms with Gasteiger partial charge in [0.05, 0.1) is 11.4 Å². The largest absolute Gasteiger partial charge is 0.396 e. The Morgan fingerprint density at radius 3 is 2.65 bits per heavy atom. The number of amides is 1. The van der Waals surface area contributed by atoms with Crippen LogP contribution in [0.2, 0.25) is 0 Å². The number of benzene rings is 2. The number of nitrogens with zero attached hydrogens (tertiary/aromatic N) is 4. The van der Waals surface area contributed by atoms with Gasteiger partial charge in [-0.3, -0.25) is 9.69 Å². The Balaban J connectivity index is 1.84. The number of carbonyl (C=O) groups excluding carboxylic acids is 1. The molecule has 178 valence electrons. The minimum Gasteiger partial charge on any atom is -0.396 e. The fourth-order valence-corrected chi connectivity index (χ4v) is 4.28. The molecule has 1 aliphatic heterocycles. The van der Waals surface area contributed by atoms with Crippen LogP contribution in [0, 0.1) is 5.92 Å². The van der Waals surface area contributed by atoms with Crippen LogP contribution in [0.25, 0.3) is 16.8 Å². The van der Waals surface area contributed by atoms with Gasteiger partial charge in [-0.25, -0.2) is 9.97 Å². The van der Waals surface area contributed by atoms with Gasteiger partial charge in [-0.05, 0) is 41.2 Å². The molecule has 2 N–H and O–H groups in total. The van der Waals surface area contributed by atoms with Crippen molar-refractivity contribution in [2.75, 3.05) is 25.1 Å². The summed E-state index contributed by atoms with van der Waals surface area (Å²) >= 11 is 0. The maximum atomic E-state index is 13.0. The minimum atomic E-state index is -1.09. The molecule has 7 heteroatoms. The summed E-state index contributed by atoms with van der Waals surface area (Å²) in [6, 6.07) is 14.4. The Hall–Kier alpha value is -3.29. The molecule has 1 unspecified atom stereocenters. The summed E-state index contributed by atoms with van der Waals surface area (Å²) in [6.45, 7) is 4.78. The number of unbranched alkanes of at least 4 members (excludes halogenated alkanes) is 1. The van der Waals surface area contributed by atoms with E-state index in [1.54, 1.807) is 11.9 Å². The summed E-state index contributed by atoms with van der Waals surface area (Å²) < 4.78 is 0. The topological polar surface area (TPSA) is 89.8 Å². The lowest BCUT2D eigenvalue weighted by Gasteiger charge is -2.40. The monoisotopic (exact) mass is 460 g/mol. The van der Waals surface area contributed by atoms with E-state index in [1.807, 2.05) is 30.4 Å². The Morgan fingerprint density at radius 2 is 1.88 bits per heavy atom. The number of anilines is 1. The first kappa shape index (κ1) is 23.9. The second-order valence-corrected chi connectivity index (χ2v) is 9.12. The van der Waals surface area contributed by atoms with Crippen LogP contribution < -0.4 is 4.90 Å². The average Bonchev–Trinajstić information content (AvgIpc) is 2.83. The number of aliphatic hydroxyl groups is 2. The third-order valence-corrected chi connectivity index (χ3v) is 6.01. The minimum absolute atomic E-state index is 0.119. The van der Waals surface area contributed by atoms with E-state index in [4.69, 9.17) is 15.1 Å². The van der Waals surface area contributed by atoms with E-state index in [0.29, 0.717) is 37.3 Å². The molecule has 0 spiro atoms. The maximum Gasteiger partial charge on any atom is 0.279 e. The fraction of sp³-hybridized carbons (Fsp3) is 0.370. The lowest BCUT2D eigenvalue weighted by Crippen LogP contribution is -2.55. The van der Waals surface area contributed by atoms with Crippen LogP contribution in [-0.4, -0.2) is 57.5 Å². The third kappa shape index (κ3) is 4.81. The van der Waals surface area contributed by atoms with Crippen LogP contribution in [0.5, 0.6) is 0 Å². The fourth-order valence-electron chi connectivity index (χ4n) is 4.28. The second kappa shape index (κ2) is 10.3. The van der Waals surface area contributed by atoms with Gasteiger partial charge in [0.15, 0.2) is 11.5 Å². The Morgan fingerprint density at radius 1 is 1.12 bits per heavy atom. The van der Waals surface area contributed by atoms with Crippen LogP contribution in [0.3, 0.4) is 0 Å². The van der Waals surface area contributed by atoms with E-state index < -0.39 is 6.35 Å². The van der Waals surface area contributed by atoms with Crippen molar-refractivity contribution in [3.05, 3.63) is 71.2 Å². The van der Waals surface area contributed by atoms with Gasteiger partial charge in [0, 0.05) is 26.6 Å². The van der Waals surface area contributed by atoms with Crippen molar-refractivity contribution in [3.8, 4) is 0 Å². The van der Waals surface area contributed by atoms with Crippen molar-refractivity contribution in [2.24, 2.45) is 5.92 Å². The van der Waals surface area contributed by atoms with E-state index in [9.17, 15) is 9.90 Å². The second-order valence-electron chi connectivity index (χ2n) is 9.12. The zero-order valence-corrected chi connectivity index (χ0v) is 20.0. The molecule has 0 fully saturated rings. The molecule has 1 aliphatic rings. The van der Waals surface area contributed by atoms with Gasteiger partial charge < -0.3 is 15.1 Å². The first-order valence-corrected chi connectivity index (χ1v) is 11.8. The summed E-state index contributed by atoms with van der Waals surface area (Å²) in [5.74, 6) is 0.328. The van der Waals surface area contributed by atoms with Crippen molar-refractivity contribution in [1.29, 1.82) is 0 Å². The molecule has 2 heterocycles. The molecule has 4 rings (SSSR count). The van der Waals surface area contributed by atoms with E-state index in [1.165, 1.54) is 4.90 Å². The summed E-state index contributed by atoms with van der Waals surface area (Å²) in [4.78, 5) is 25.7. The lowest BCUT2D eigenvalue weighted by atomic mass is 9.99. The molecule has 7 nitrogen and oxygen atoms in total. The molecule has 2 aromatic carbocycles. The number of aliphatic hydroxyl groups excluding tert-OH is 2. The first-order valence-electron chi connectivity index (χ1n) is 11.8. The number of hydrogen-bond acceptors (Lipinski definition) is 6. The zero-order chi connectivity index (χ0) is 24.2. The number of allylic oxidation sites excluding steroid dienone is 1. The summed E-state index contributed by atoms with van der Waals surface area (Å²) in [7, 11) is 1.58. The Kier molecular flexibility index (Phi) is 7.24. The SMILES string of the molecule is CC(C)CN1c2nc(Cc3cccc4ccccc34)c(/C=C\CCCO)nc2C(=O)N(C)C1O. The molecular weight excluding hydrogens is 428 g/mol. The molecule has 3 aromatic rings. The van der Waals surface area contributed by atoms with Crippen LogP contribution in [0.1, 0.15) is 54.1 Å². The standard InChI is InChI=1S/C27H32N4O3/c1-18(2)17-31-25-24(26(33)30(3)27(31)34)28-22(14-5-4-8-15-32)23(29-25)16-20-12-9-11-19-10-6-7-13-21(19)20/h5-7,9-14,18,27,32,34H,4,8,15-17H2,1-3H3/b14-5-. The predicted octanol–water partition coefficient (Wildman–Crippen LogP) is 3.83. The molecule has 0 radical (unpaired) electrons. The molecule has 0 saturated carbocycles. The van der Waals surface area contributed by atoms with Gasteiger partial charge in [-0.15, -0.1) is 0 Å². The van der Waals surface area contributed by atoms with Crippen LogP contribution in [-0.2, 0) is 6.42 Å². The average molecular weight is 461 g/mol. The van der Waals surface area contributed by atoms with Crippen molar-refractivity contribution >= 4 is 28.6 Å². The van der Waals surface area contributed by atoms with Gasteiger partial charge in [0.2, 0.25) is 6.35 Å². The third-order valence-electron chi connectivity index (χ3n) is 6.01. The van der Waals surface area contributed by atoms with Crippen LogP contribution in [0.15, 0.2) is 48.5 Å². The molecule has 0 saturated heterocycles. The summed E-state index contributed by atoms with van der Waals surface area (Å²) in [6.07, 6.45) is 4.65. The van der Waals surface area contributed by atoms with Gasteiger partial charge >= 0.3 is 0 Å². The van der Waals surface area contributed by atoms with Crippen molar-refractivity contribution in [2.45, 2.75) is 39.5 Å². The highest BCUT2D eigenvalue weighted by molar-refractivity contribution is 5.99. The molecule has 0 bridgehead atoms. The molecule has 1 amide bonds. The van der Waals surface area contributed by atoms with Crippen molar-refractivity contribution < 1.29 is 15.0 Å². The molecule has 34 heavy (non-hydrogen) atoms. The number of hydrogen-bond donors (Lipinski definition) is 2. The Bertz CT molecular complexity index is 1200. The number of aromatic nitrogens is 2. The molecule has 0 aliphatic carbocycles. The Labute approximate surface area is 200 Å². The predicted molar refractivity (Wildman–Crippen MR) is 134 cm³/mol. The number of rotatable bonds is 8. The van der Waals surface area contributed by atoms with Crippen LogP contribution in [0.4, 0.5) is 5.82 Å². The van der Waals surface area contributed by atoms with Crippen molar-refractivity contribution in [3.63, 3.8) is 0 Å². The number of carbonyl (C=O) groups is 1. The molecule has 1 aromatic heterocycles. The molecular formula is C27H32N4O3. The molecule has 1 atom stereocenters. The maximum absolute atomic E-state index is 13.0.